The lowest BCUT2D eigenvalue weighted by Gasteiger charge is -2.20. The van der Waals surface area contributed by atoms with Gasteiger partial charge in [0.1, 0.15) is 6.04 Å². The smallest absolute Gasteiger partial charge is 0.326 e. The summed E-state index contributed by atoms with van der Waals surface area (Å²) in [6.45, 7) is 7.66. The van der Waals surface area contributed by atoms with Gasteiger partial charge in [0, 0.05) is 18.5 Å². The first-order chi connectivity index (χ1) is 10.6. The van der Waals surface area contributed by atoms with Gasteiger partial charge >= 0.3 is 18.0 Å². The van der Waals surface area contributed by atoms with Gasteiger partial charge in [0.2, 0.25) is 0 Å². The van der Waals surface area contributed by atoms with Gasteiger partial charge < -0.3 is 26.2 Å². The molecule has 0 aromatic heterocycles. The van der Waals surface area contributed by atoms with Crippen molar-refractivity contribution in [2.24, 2.45) is 0 Å². The van der Waals surface area contributed by atoms with Gasteiger partial charge in [0.25, 0.3) is 0 Å². The van der Waals surface area contributed by atoms with E-state index in [1.807, 2.05) is 0 Å². The number of carbonyl (C=O) groups excluding carboxylic acids is 1. The molecule has 0 saturated heterocycles. The number of rotatable bonds is 11. The molecule has 1 unspecified atom stereocenters. The number of carboxylic acids is 2. The first-order valence-corrected chi connectivity index (χ1v) is 7.86. The number of amides is 2. The molecular formula is C15H29N3O5. The molecule has 0 aromatic rings. The third-order valence-corrected chi connectivity index (χ3v) is 3.04. The largest absolute Gasteiger partial charge is 0.481 e. The molecule has 5 N–H and O–H groups in total. The van der Waals surface area contributed by atoms with Crippen LogP contribution in [-0.2, 0) is 9.59 Å². The highest BCUT2D eigenvalue weighted by atomic mass is 16.4. The molecule has 0 aromatic carbocycles. The fraction of sp³-hybridized carbons (Fsp3) is 0.800. The van der Waals surface area contributed by atoms with Crippen LogP contribution in [0.1, 0.15) is 52.9 Å². The highest BCUT2D eigenvalue weighted by Crippen LogP contribution is 2.01. The van der Waals surface area contributed by atoms with Crippen molar-refractivity contribution in [1.29, 1.82) is 0 Å². The zero-order valence-corrected chi connectivity index (χ0v) is 14.1. The second-order valence-electron chi connectivity index (χ2n) is 6.46. The van der Waals surface area contributed by atoms with Crippen molar-refractivity contribution >= 4 is 18.0 Å². The second kappa shape index (κ2) is 10.8. The standard InChI is InChI=1S/C15H29N3O5/c1-15(2,3)17-10-6-4-5-9-16-14(23)18-11(13(21)22)7-8-12(19)20/h11,17H,4-10H2,1-3H3,(H,19,20)(H,21,22)(H2,16,18,23). The molecule has 2 amide bonds. The van der Waals surface area contributed by atoms with E-state index in [2.05, 4.69) is 36.7 Å². The van der Waals surface area contributed by atoms with Crippen molar-refractivity contribution in [3.63, 3.8) is 0 Å². The van der Waals surface area contributed by atoms with Gasteiger partial charge in [-0.3, -0.25) is 4.79 Å². The maximum Gasteiger partial charge on any atom is 0.326 e. The summed E-state index contributed by atoms with van der Waals surface area (Å²) in [5, 5.41) is 25.7. The summed E-state index contributed by atoms with van der Waals surface area (Å²) >= 11 is 0. The molecule has 0 aliphatic heterocycles. The average Bonchev–Trinajstić information content (AvgIpc) is 2.40. The van der Waals surface area contributed by atoms with Crippen LogP contribution >= 0.6 is 0 Å². The fourth-order valence-electron chi connectivity index (χ4n) is 1.83. The Kier molecular flexibility index (Phi) is 9.96. The van der Waals surface area contributed by atoms with Crippen molar-refractivity contribution in [2.75, 3.05) is 13.1 Å². The Labute approximate surface area is 137 Å². The first-order valence-electron chi connectivity index (χ1n) is 7.86. The van der Waals surface area contributed by atoms with Crippen LogP contribution in [0.15, 0.2) is 0 Å². The number of aliphatic carboxylic acids is 2. The Morgan fingerprint density at radius 3 is 2.13 bits per heavy atom. The molecule has 8 heteroatoms. The zero-order chi connectivity index (χ0) is 17.9. The van der Waals surface area contributed by atoms with Crippen LogP contribution in [0.4, 0.5) is 4.79 Å². The third-order valence-electron chi connectivity index (χ3n) is 3.04. The van der Waals surface area contributed by atoms with Crippen LogP contribution in [-0.4, -0.2) is 52.9 Å². The maximum atomic E-state index is 11.6. The molecule has 0 rings (SSSR count). The molecule has 0 spiro atoms. The Hall–Kier alpha value is -1.83. The van der Waals surface area contributed by atoms with Gasteiger partial charge in [0.05, 0.1) is 0 Å². The van der Waals surface area contributed by atoms with E-state index >= 15 is 0 Å². The normalized spacial score (nSPS) is 12.5. The molecule has 0 bridgehead atoms. The zero-order valence-electron chi connectivity index (χ0n) is 14.1. The number of hydrogen-bond acceptors (Lipinski definition) is 4. The minimum atomic E-state index is -1.24. The van der Waals surface area contributed by atoms with E-state index in [0.717, 1.165) is 25.8 Å². The second-order valence-corrected chi connectivity index (χ2v) is 6.46. The van der Waals surface area contributed by atoms with E-state index in [-0.39, 0.29) is 18.4 Å². The molecule has 8 nitrogen and oxygen atoms in total. The van der Waals surface area contributed by atoms with Gasteiger partial charge in [0.15, 0.2) is 0 Å². The van der Waals surface area contributed by atoms with E-state index in [4.69, 9.17) is 10.2 Å². The van der Waals surface area contributed by atoms with Crippen LogP contribution in [0.5, 0.6) is 0 Å². The quantitative estimate of drug-likeness (QED) is 0.362. The third kappa shape index (κ3) is 13.5. The van der Waals surface area contributed by atoms with Crippen LogP contribution in [0, 0.1) is 0 Å². The first kappa shape index (κ1) is 21.2. The number of carbonyl (C=O) groups is 3. The van der Waals surface area contributed by atoms with E-state index in [1.165, 1.54) is 0 Å². The fourth-order valence-corrected chi connectivity index (χ4v) is 1.83. The number of unbranched alkanes of at least 4 members (excludes halogenated alkanes) is 2. The summed E-state index contributed by atoms with van der Waals surface area (Å²) in [7, 11) is 0. The molecule has 134 valence electrons. The summed E-state index contributed by atoms with van der Waals surface area (Å²) in [5.41, 5.74) is 0.0972. The molecule has 0 aliphatic carbocycles. The number of urea groups is 1. The summed E-state index contributed by atoms with van der Waals surface area (Å²) in [4.78, 5) is 33.0. The lowest BCUT2D eigenvalue weighted by molar-refractivity contribution is -0.140. The van der Waals surface area contributed by atoms with Crippen molar-refractivity contribution < 1.29 is 24.6 Å². The number of nitrogens with one attached hydrogen (secondary N) is 3. The highest BCUT2D eigenvalue weighted by Gasteiger charge is 2.20. The molecule has 0 saturated carbocycles. The van der Waals surface area contributed by atoms with Crippen molar-refractivity contribution in [2.45, 2.75) is 64.5 Å². The number of carboxylic acid groups (broad SMARTS) is 2. The van der Waals surface area contributed by atoms with E-state index in [0.29, 0.717) is 6.54 Å². The van der Waals surface area contributed by atoms with Crippen molar-refractivity contribution in [3.05, 3.63) is 0 Å². The predicted molar refractivity (Wildman–Crippen MR) is 86.4 cm³/mol. The molecule has 23 heavy (non-hydrogen) atoms. The Morgan fingerprint density at radius 1 is 1.00 bits per heavy atom. The van der Waals surface area contributed by atoms with Gasteiger partial charge in [-0.25, -0.2) is 9.59 Å². The van der Waals surface area contributed by atoms with Gasteiger partial charge in [-0.1, -0.05) is 6.42 Å². The lowest BCUT2D eigenvalue weighted by Crippen LogP contribution is -2.46. The molecule has 0 heterocycles. The van der Waals surface area contributed by atoms with Gasteiger partial charge in [-0.2, -0.15) is 0 Å². The molecule has 0 fully saturated rings. The minimum absolute atomic E-state index is 0.0972. The SMILES string of the molecule is CC(C)(C)NCCCCCNC(=O)NC(CCC(=O)O)C(=O)O. The predicted octanol–water partition coefficient (Wildman–Crippen LogP) is 1.16. The van der Waals surface area contributed by atoms with E-state index in [1.54, 1.807) is 0 Å². The van der Waals surface area contributed by atoms with Crippen LogP contribution in [0.3, 0.4) is 0 Å². The summed E-state index contributed by atoms with van der Waals surface area (Å²) in [6, 6.07) is -1.78. The minimum Gasteiger partial charge on any atom is -0.481 e. The monoisotopic (exact) mass is 331 g/mol. The number of hydrogen-bond donors (Lipinski definition) is 5. The Morgan fingerprint density at radius 2 is 1.61 bits per heavy atom. The molecule has 1 atom stereocenters. The van der Waals surface area contributed by atoms with Crippen LogP contribution < -0.4 is 16.0 Å². The maximum absolute atomic E-state index is 11.6. The highest BCUT2D eigenvalue weighted by molar-refractivity contribution is 5.82. The van der Waals surface area contributed by atoms with Crippen LogP contribution in [0.25, 0.3) is 0 Å². The molecule has 0 aliphatic rings. The molecule has 0 radical (unpaired) electrons. The topological polar surface area (TPSA) is 128 Å². The van der Waals surface area contributed by atoms with E-state index < -0.39 is 24.0 Å². The summed E-state index contributed by atoms with van der Waals surface area (Å²) < 4.78 is 0. The van der Waals surface area contributed by atoms with Gasteiger partial charge in [-0.15, -0.1) is 0 Å². The lowest BCUT2D eigenvalue weighted by atomic mass is 10.1. The van der Waals surface area contributed by atoms with Crippen molar-refractivity contribution in [1.82, 2.24) is 16.0 Å². The van der Waals surface area contributed by atoms with E-state index in [9.17, 15) is 14.4 Å². The Balaban J connectivity index is 3.79. The Bertz CT molecular complexity index is 393. The van der Waals surface area contributed by atoms with Crippen LogP contribution in [0.2, 0.25) is 0 Å². The summed E-state index contributed by atoms with van der Waals surface area (Å²) in [6.07, 6.45) is 2.29. The van der Waals surface area contributed by atoms with Crippen molar-refractivity contribution in [3.8, 4) is 0 Å². The average molecular weight is 331 g/mol. The summed E-state index contributed by atoms with van der Waals surface area (Å²) in [5.74, 6) is -2.34. The molecular weight excluding hydrogens is 302 g/mol. The van der Waals surface area contributed by atoms with Gasteiger partial charge in [-0.05, 0) is 46.6 Å².